The third-order valence-corrected chi connectivity index (χ3v) is 17.6. The topological polar surface area (TPSA) is 222 Å². The molecule has 0 unspecified atom stereocenters. The fourth-order valence-electron chi connectivity index (χ4n) is 6.80. The third kappa shape index (κ3) is 20.3. The fourth-order valence-corrected chi connectivity index (χ4v) is 11.1. The molecule has 0 saturated carbocycles. The van der Waals surface area contributed by atoms with Crippen molar-refractivity contribution in [3.05, 3.63) is 212 Å². The zero-order chi connectivity index (χ0) is 60.9. The largest absolute Gasteiger partial charge is 0.497 e. The fraction of sp³-hybridized carbons (Fsp3) is 0.182. The molecule has 0 radical (unpaired) electrons. The molecule has 0 bridgehead atoms. The van der Waals surface area contributed by atoms with Gasteiger partial charge in [0.1, 0.15) is 21.6 Å². The van der Waals surface area contributed by atoms with Gasteiger partial charge >= 0.3 is 17.9 Å². The van der Waals surface area contributed by atoms with E-state index < -0.39 is 17.9 Å². The lowest BCUT2D eigenvalue weighted by molar-refractivity contribution is 0.0513. The molecule has 440 valence electrons. The minimum atomic E-state index is -1.12. The van der Waals surface area contributed by atoms with Gasteiger partial charge in [-0.1, -0.05) is 187 Å². The van der Waals surface area contributed by atoms with E-state index in [0.29, 0.717) is 91.5 Å². The first kappa shape index (κ1) is 67.5. The summed E-state index contributed by atoms with van der Waals surface area (Å²) in [5, 5.41) is 49.4. The third-order valence-electron chi connectivity index (χ3n) is 11.0. The van der Waals surface area contributed by atoms with Crippen LogP contribution in [0, 0.1) is 0 Å². The van der Waals surface area contributed by atoms with Crippen molar-refractivity contribution in [3.63, 3.8) is 0 Å². The molecular formula is C55H46Cl9N9O8S3. The van der Waals surface area contributed by atoms with E-state index in [-0.39, 0.29) is 23.7 Å². The van der Waals surface area contributed by atoms with Gasteiger partial charge in [0.25, 0.3) is 0 Å². The van der Waals surface area contributed by atoms with Crippen LogP contribution in [0.3, 0.4) is 0 Å². The number of benzene rings is 6. The maximum Gasteiger partial charge on any atom is 0.361 e. The number of hydrogen-bond acceptors (Lipinski definition) is 15. The highest BCUT2D eigenvalue weighted by Gasteiger charge is 2.23. The minimum Gasteiger partial charge on any atom is -0.497 e. The number of hydrogen-bond donors (Lipinski definition) is 3. The molecule has 3 aromatic heterocycles. The second-order valence-corrected chi connectivity index (χ2v) is 23.2. The van der Waals surface area contributed by atoms with E-state index >= 15 is 0 Å². The number of carboxylic acids is 2. The number of carbonyl (C=O) groups excluding carboxylic acids is 1. The lowest BCUT2D eigenvalue weighted by Gasteiger charge is -2.09. The van der Waals surface area contributed by atoms with Crippen LogP contribution in [0.4, 0.5) is 0 Å². The average molecular weight is 1380 g/mol. The van der Waals surface area contributed by atoms with Gasteiger partial charge in [-0.25, -0.2) is 23.7 Å². The number of carbonyl (C=O) groups is 3. The first-order valence-corrected chi connectivity index (χ1v) is 30.7. The van der Waals surface area contributed by atoms with E-state index in [0.717, 1.165) is 44.9 Å². The summed E-state index contributed by atoms with van der Waals surface area (Å²) in [5.74, 6) is 0.872. The van der Waals surface area contributed by atoms with E-state index in [1.165, 1.54) is 35.3 Å². The van der Waals surface area contributed by atoms with Crippen LogP contribution in [0.5, 0.6) is 11.5 Å². The Kier molecular flexibility index (Phi) is 27.3. The van der Waals surface area contributed by atoms with Crippen LogP contribution in [0.15, 0.2) is 136 Å². The Morgan fingerprint density at radius 1 is 0.488 bits per heavy atom. The number of aromatic nitrogens is 9. The molecule has 0 fully saturated rings. The van der Waals surface area contributed by atoms with Crippen LogP contribution >= 0.6 is 140 Å². The maximum atomic E-state index is 12.3. The molecule has 84 heavy (non-hydrogen) atoms. The van der Waals surface area contributed by atoms with Crippen LogP contribution in [-0.4, -0.2) is 94.3 Å². The Bertz CT molecular complexity index is 3670. The average Bonchev–Trinajstić information content (AvgIpc) is 4.46. The Morgan fingerprint density at radius 2 is 0.857 bits per heavy atom. The number of alkyl halides is 1. The van der Waals surface area contributed by atoms with E-state index in [2.05, 4.69) is 36.0 Å². The maximum absolute atomic E-state index is 12.3. The highest BCUT2D eigenvalue weighted by atomic mass is 35.5. The van der Waals surface area contributed by atoms with E-state index in [9.17, 15) is 19.5 Å². The predicted octanol–water partition coefficient (Wildman–Crippen LogP) is 16.6. The van der Waals surface area contributed by atoms with Crippen molar-refractivity contribution >= 4 is 158 Å². The number of H-pyrrole nitrogens is 1. The van der Waals surface area contributed by atoms with Crippen molar-refractivity contribution in [1.82, 2.24) is 45.4 Å². The first-order chi connectivity index (χ1) is 40.3. The molecule has 0 amide bonds. The summed E-state index contributed by atoms with van der Waals surface area (Å²) in [7, 11) is 3.22. The van der Waals surface area contributed by atoms with Crippen molar-refractivity contribution < 1.29 is 38.8 Å². The van der Waals surface area contributed by atoms with Crippen LogP contribution < -0.4 is 9.47 Å². The van der Waals surface area contributed by atoms with Gasteiger partial charge in [-0.3, -0.25) is 0 Å². The monoisotopic (exact) mass is 1370 g/mol. The van der Waals surface area contributed by atoms with E-state index in [1.54, 1.807) is 79.0 Å². The minimum absolute atomic E-state index is 0.0754. The molecule has 3 heterocycles. The van der Waals surface area contributed by atoms with Gasteiger partial charge in [0.05, 0.1) is 74.1 Å². The number of thioether (sulfide) groups is 3. The molecule has 29 heteroatoms. The number of esters is 1. The Hall–Kier alpha value is -5.59. The zero-order valence-electron chi connectivity index (χ0n) is 44.0. The molecule has 0 spiro atoms. The second kappa shape index (κ2) is 33.9. The number of aromatic carboxylic acids is 2. The van der Waals surface area contributed by atoms with Gasteiger partial charge < -0.3 is 24.4 Å². The lowest BCUT2D eigenvalue weighted by atomic mass is 10.2. The van der Waals surface area contributed by atoms with Crippen LogP contribution in [-0.2, 0) is 41.0 Å². The lowest BCUT2D eigenvalue weighted by Crippen LogP contribution is -2.08. The summed E-state index contributed by atoms with van der Waals surface area (Å²) in [6.07, 6.45) is 0. The Labute approximate surface area is 539 Å². The molecule has 6 aromatic carbocycles. The standard InChI is InChI=1S/C20H19Cl2N3O3S.C18H15Cl2N3O3S.C10H7Cl2N3O2S.C7H5Cl3/c1-3-28-20(26)18-19(29-12-14-6-9-16(21)17(22)10-14)25(24-23-18)11-13-4-7-15(27-2)8-5-13;1-26-13-5-2-11(3-6-13)9-23-17(16(18(24)25)21-22-23)27-10-12-4-7-14(19)15(20)8-12;11-6-2-1-5(3-7(6)12)4-18-9-8(10(16)17)13-15-14-9;8-4-5-1-2-6(9)7(10)3-5/h4-10H,3,11-12H2,1-2H3;2-8H,9-10H2,1H3,(H,24,25);1-3H,4H2,(H,16,17)(H,13,14,15);1-3H,4H2. The van der Waals surface area contributed by atoms with Crippen molar-refractivity contribution in [2.45, 2.75) is 58.2 Å². The molecule has 3 N–H and O–H groups in total. The number of ether oxygens (including phenoxy) is 3. The summed E-state index contributed by atoms with van der Waals surface area (Å²) >= 11 is 56.7. The Balaban J connectivity index is 0.000000190. The number of carboxylic acid groups (broad SMARTS) is 2. The normalized spacial score (nSPS) is 10.6. The molecule has 17 nitrogen and oxygen atoms in total. The number of aromatic amines is 1. The molecule has 0 aliphatic rings. The van der Waals surface area contributed by atoms with Crippen LogP contribution in [0.1, 0.15) is 71.8 Å². The van der Waals surface area contributed by atoms with Crippen molar-refractivity contribution in [2.75, 3.05) is 20.8 Å². The summed E-state index contributed by atoms with van der Waals surface area (Å²) < 4.78 is 18.7. The molecular weight excluding hydrogens is 1330 g/mol. The SMILES string of the molecule is CCOC(=O)c1nnn(Cc2ccc(OC)cc2)c1SCc1ccc(Cl)c(Cl)c1.COc1ccc(Cn2nnc(C(=O)O)c2SCc2ccc(Cl)c(Cl)c2)cc1.ClCc1ccc(Cl)c(Cl)c1.O=C(O)c1n[nH]nc1SCc1ccc(Cl)c(Cl)c1. The molecule has 9 rings (SSSR count). The van der Waals surface area contributed by atoms with Gasteiger partial charge in [-0.05, 0) is 113 Å². The number of nitrogens with one attached hydrogen (secondary N) is 1. The van der Waals surface area contributed by atoms with Crippen molar-refractivity contribution in [3.8, 4) is 11.5 Å². The summed E-state index contributed by atoms with van der Waals surface area (Å²) in [6.45, 7) is 2.87. The summed E-state index contributed by atoms with van der Waals surface area (Å²) in [4.78, 5) is 34.6. The molecule has 0 aliphatic carbocycles. The smallest absolute Gasteiger partial charge is 0.361 e. The van der Waals surface area contributed by atoms with E-state index in [4.69, 9.17) is 124 Å². The summed E-state index contributed by atoms with van der Waals surface area (Å²) in [6, 6.07) is 36.5. The number of methoxy groups -OCH3 is 2. The summed E-state index contributed by atoms with van der Waals surface area (Å²) in [5.41, 5.74) is 5.79. The molecule has 0 atom stereocenters. The second-order valence-electron chi connectivity index (χ2n) is 16.8. The van der Waals surface area contributed by atoms with Gasteiger partial charge in [-0.2, -0.15) is 5.21 Å². The highest BCUT2D eigenvalue weighted by molar-refractivity contribution is 7.99. The molecule has 0 aliphatic heterocycles. The number of halogens is 9. The van der Waals surface area contributed by atoms with Crippen LogP contribution in [0.2, 0.25) is 40.2 Å². The van der Waals surface area contributed by atoms with Crippen LogP contribution in [0.25, 0.3) is 0 Å². The number of nitrogens with zero attached hydrogens (tertiary/aromatic N) is 8. The molecule has 0 saturated heterocycles. The first-order valence-electron chi connectivity index (χ1n) is 24.2. The molecule has 9 aromatic rings. The highest BCUT2D eigenvalue weighted by Crippen LogP contribution is 2.33. The van der Waals surface area contributed by atoms with Gasteiger partial charge in [-0.15, -0.1) is 32.0 Å². The Morgan fingerprint density at radius 3 is 1.24 bits per heavy atom. The van der Waals surface area contributed by atoms with Crippen molar-refractivity contribution in [2.24, 2.45) is 0 Å². The van der Waals surface area contributed by atoms with E-state index in [1.807, 2.05) is 72.8 Å². The van der Waals surface area contributed by atoms with Crippen molar-refractivity contribution in [1.29, 1.82) is 0 Å². The van der Waals surface area contributed by atoms with Gasteiger partial charge in [0.15, 0.2) is 5.03 Å². The predicted molar refractivity (Wildman–Crippen MR) is 335 cm³/mol. The van der Waals surface area contributed by atoms with Gasteiger partial charge in [0, 0.05) is 23.1 Å². The van der Waals surface area contributed by atoms with Gasteiger partial charge in [0.2, 0.25) is 17.1 Å². The zero-order valence-corrected chi connectivity index (χ0v) is 53.3. The quantitative estimate of drug-likeness (QED) is 0.0367. The number of rotatable bonds is 20.